The van der Waals surface area contributed by atoms with Crippen LogP contribution in [0.3, 0.4) is 0 Å². The third-order valence-electron chi connectivity index (χ3n) is 2.99. The highest BCUT2D eigenvalue weighted by Gasteiger charge is 2.11. The van der Waals surface area contributed by atoms with Crippen LogP contribution in [0.25, 0.3) is 0 Å². The zero-order valence-electron chi connectivity index (χ0n) is 11.6. The number of carbonyl (C=O) groups is 2. The van der Waals surface area contributed by atoms with E-state index in [0.717, 1.165) is 11.3 Å². The number of aromatic nitrogens is 1. The molecule has 6 heteroatoms. The smallest absolute Gasteiger partial charge is 0.303 e. The Kier molecular flexibility index (Phi) is 5.05. The maximum atomic E-state index is 12.1. The summed E-state index contributed by atoms with van der Waals surface area (Å²) < 4.78 is 0. The molecule has 2 aromatic rings. The van der Waals surface area contributed by atoms with Gasteiger partial charge in [-0.1, -0.05) is 18.2 Å². The van der Waals surface area contributed by atoms with Gasteiger partial charge in [0, 0.05) is 17.4 Å². The molecule has 0 atom stereocenters. The summed E-state index contributed by atoms with van der Waals surface area (Å²) in [7, 11) is 0. The lowest BCUT2D eigenvalue weighted by molar-refractivity contribution is -0.137. The zero-order valence-corrected chi connectivity index (χ0v) is 12.4. The van der Waals surface area contributed by atoms with E-state index in [1.165, 1.54) is 11.3 Å². The van der Waals surface area contributed by atoms with E-state index in [1.807, 2.05) is 30.5 Å². The van der Waals surface area contributed by atoms with E-state index in [-0.39, 0.29) is 12.3 Å². The van der Waals surface area contributed by atoms with Gasteiger partial charge in [-0.25, -0.2) is 4.98 Å². The van der Waals surface area contributed by atoms with Crippen LogP contribution in [0.15, 0.2) is 29.6 Å². The van der Waals surface area contributed by atoms with Crippen LogP contribution >= 0.6 is 11.3 Å². The third-order valence-corrected chi connectivity index (χ3v) is 3.79. The molecule has 110 valence electrons. The Bertz CT molecular complexity index is 652. The molecule has 0 fully saturated rings. The minimum absolute atomic E-state index is 0.127. The van der Waals surface area contributed by atoms with Crippen LogP contribution in [-0.2, 0) is 11.2 Å². The first kappa shape index (κ1) is 15.2. The monoisotopic (exact) mass is 304 g/mol. The SMILES string of the molecule is Cc1ccccc1C(=O)Nc1nc(CCCC(=O)O)cs1. The van der Waals surface area contributed by atoms with Crippen molar-refractivity contribution < 1.29 is 14.7 Å². The summed E-state index contributed by atoms with van der Waals surface area (Å²) in [4.78, 5) is 26.9. The summed E-state index contributed by atoms with van der Waals surface area (Å²) in [6, 6.07) is 7.36. The number of aryl methyl sites for hydroxylation is 2. The van der Waals surface area contributed by atoms with Gasteiger partial charge in [0.25, 0.3) is 5.91 Å². The Morgan fingerprint density at radius 1 is 1.33 bits per heavy atom. The van der Waals surface area contributed by atoms with Crippen molar-refractivity contribution in [1.82, 2.24) is 4.98 Å². The molecule has 1 aromatic heterocycles. The first-order valence-corrected chi connectivity index (χ1v) is 7.47. The van der Waals surface area contributed by atoms with E-state index in [1.54, 1.807) is 6.07 Å². The van der Waals surface area contributed by atoms with Gasteiger partial charge in [-0.2, -0.15) is 0 Å². The fourth-order valence-corrected chi connectivity index (χ4v) is 2.63. The van der Waals surface area contributed by atoms with Crippen molar-refractivity contribution in [1.29, 1.82) is 0 Å². The molecule has 0 saturated heterocycles. The molecule has 0 radical (unpaired) electrons. The number of thiazole rings is 1. The molecule has 0 spiro atoms. The van der Waals surface area contributed by atoms with Crippen molar-refractivity contribution in [3.05, 3.63) is 46.5 Å². The summed E-state index contributed by atoms with van der Waals surface area (Å²) in [6.45, 7) is 1.88. The van der Waals surface area contributed by atoms with Gasteiger partial charge in [-0.15, -0.1) is 11.3 Å². The second kappa shape index (κ2) is 6.99. The van der Waals surface area contributed by atoms with Gasteiger partial charge in [0.1, 0.15) is 0 Å². The molecule has 1 aromatic carbocycles. The standard InChI is InChI=1S/C15H16N2O3S/c1-10-5-2-3-7-12(10)14(20)17-15-16-11(9-21-15)6-4-8-13(18)19/h2-3,5,7,9H,4,6,8H2,1H3,(H,18,19)(H,16,17,20). The number of aliphatic carboxylic acids is 1. The average molecular weight is 304 g/mol. The van der Waals surface area contributed by atoms with Crippen molar-refractivity contribution in [3.8, 4) is 0 Å². The summed E-state index contributed by atoms with van der Waals surface area (Å²) in [5.74, 6) is -0.988. The Morgan fingerprint density at radius 3 is 2.81 bits per heavy atom. The van der Waals surface area contributed by atoms with E-state index in [9.17, 15) is 9.59 Å². The third kappa shape index (κ3) is 4.39. The van der Waals surface area contributed by atoms with Crippen molar-refractivity contribution in [2.45, 2.75) is 26.2 Å². The van der Waals surface area contributed by atoms with Crippen LogP contribution in [0.2, 0.25) is 0 Å². The van der Waals surface area contributed by atoms with Gasteiger partial charge in [-0.05, 0) is 31.4 Å². The van der Waals surface area contributed by atoms with Crippen LogP contribution < -0.4 is 5.32 Å². The number of nitrogens with zero attached hydrogens (tertiary/aromatic N) is 1. The Morgan fingerprint density at radius 2 is 2.10 bits per heavy atom. The fraction of sp³-hybridized carbons (Fsp3) is 0.267. The van der Waals surface area contributed by atoms with Crippen molar-refractivity contribution in [2.24, 2.45) is 0 Å². The van der Waals surface area contributed by atoms with Crippen LogP contribution in [0, 0.1) is 6.92 Å². The molecule has 0 aliphatic rings. The molecular weight excluding hydrogens is 288 g/mol. The van der Waals surface area contributed by atoms with Crippen LogP contribution in [0.1, 0.15) is 34.5 Å². The number of carboxylic acid groups (broad SMARTS) is 1. The maximum absolute atomic E-state index is 12.1. The van der Waals surface area contributed by atoms with Crippen LogP contribution in [0.5, 0.6) is 0 Å². The minimum atomic E-state index is -0.807. The highest BCUT2D eigenvalue weighted by atomic mass is 32.1. The number of amides is 1. The Balaban J connectivity index is 1.95. The van der Waals surface area contributed by atoms with E-state index in [4.69, 9.17) is 5.11 Å². The molecule has 0 aliphatic carbocycles. The van der Waals surface area contributed by atoms with E-state index >= 15 is 0 Å². The molecule has 2 rings (SSSR count). The van der Waals surface area contributed by atoms with Gasteiger partial charge in [0.15, 0.2) is 5.13 Å². The van der Waals surface area contributed by atoms with Gasteiger partial charge in [0.2, 0.25) is 0 Å². The normalized spacial score (nSPS) is 10.3. The summed E-state index contributed by atoms with van der Waals surface area (Å²) in [5, 5.41) is 13.7. The Hall–Kier alpha value is -2.21. The lowest BCUT2D eigenvalue weighted by Gasteiger charge is -2.04. The fourth-order valence-electron chi connectivity index (χ4n) is 1.89. The number of hydrogen-bond donors (Lipinski definition) is 2. The predicted molar refractivity (Wildman–Crippen MR) is 81.8 cm³/mol. The summed E-state index contributed by atoms with van der Waals surface area (Å²) in [5.41, 5.74) is 2.34. The highest BCUT2D eigenvalue weighted by molar-refractivity contribution is 7.13. The van der Waals surface area contributed by atoms with Gasteiger partial charge < -0.3 is 5.11 Å². The quantitative estimate of drug-likeness (QED) is 0.859. The first-order chi connectivity index (χ1) is 10.1. The number of carboxylic acids is 1. The average Bonchev–Trinajstić information content (AvgIpc) is 2.86. The van der Waals surface area contributed by atoms with Crippen LogP contribution in [-0.4, -0.2) is 22.0 Å². The molecule has 2 N–H and O–H groups in total. The zero-order chi connectivity index (χ0) is 15.2. The number of carbonyl (C=O) groups excluding carboxylic acids is 1. The van der Waals surface area contributed by atoms with E-state index < -0.39 is 5.97 Å². The highest BCUT2D eigenvalue weighted by Crippen LogP contribution is 2.18. The number of hydrogen-bond acceptors (Lipinski definition) is 4. The largest absolute Gasteiger partial charge is 0.481 e. The van der Waals surface area contributed by atoms with Gasteiger partial charge in [-0.3, -0.25) is 14.9 Å². The molecule has 5 nitrogen and oxygen atoms in total. The molecular formula is C15H16N2O3S. The topological polar surface area (TPSA) is 79.3 Å². The van der Waals surface area contributed by atoms with E-state index in [0.29, 0.717) is 23.5 Å². The molecule has 1 amide bonds. The van der Waals surface area contributed by atoms with E-state index in [2.05, 4.69) is 10.3 Å². The molecule has 0 aliphatic heterocycles. The molecule has 0 saturated carbocycles. The number of anilines is 1. The number of benzene rings is 1. The summed E-state index contributed by atoms with van der Waals surface area (Å²) >= 11 is 1.35. The van der Waals surface area contributed by atoms with Gasteiger partial charge >= 0.3 is 5.97 Å². The van der Waals surface area contributed by atoms with Gasteiger partial charge in [0.05, 0.1) is 5.69 Å². The first-order valence-electron chi connectivity index (χ1n) is 6.59. The predicted octanol–water partition coefficient (Wildman–Crippen LogP) is 3.11. The number of rotatable bonds is 6. The number of nitrogens with one attached hydrogen (secondary N) is 1. The molecule has 0 bridgehead atoms. The molecule has 1 heterocycles. The maximum Gasteiger partial charge on any atom is 0.303 e. The lowest BCUT2D eigenvalue weighted by Crippen LogP contribution is -2.13. The molecule has 21 heavy (non-hydrogen) atoms. The van der Waals surface area contributed by atoms with Crippen molar-refractivity contribution in [2.75, 3.05) is 5.32 Å². The Labute approximate surface area is 126 Å². The van der Waals surface area contributed by atoms with Crippen molar-refractivity contribution >= 4 is 28.3 Å². The lowest BCUT2D eigenvalue weighted by atomic mass is 10.1. The van der Waals surface area contributed by atoms with Crippen molar-refractivity contribution in [3.63, 3.8) is 0 Å². The minimum Gasteiger partial charge on any atom is -0.481 e. The summed E-state index contributed by atoms with van der Waals surface area (Å²) in [6.07, 6.45) is 1.27. The van der Waals surface area contributed by atoms with Crippen LogP contribution in [0.4, 0.5) is 5.13 Å². The molecule has 0 unspecified atom stereocenters. The second-order valence-corrected chi connectivity index (χ2v) is 5.52. The second-order valence-electron chi connectivity index (χ2n) is 4.66.